The highest BCUT2D eigenvalue weighted by Gasteiger charge is 2.38. The van der Waals surface area contributed by atoms with Gasteiger partial charge in [-0.15, -0.1) is 0 Å². The molecule has 8 nitrogen and oxygen atoms in total. The first-order chi connectivity index (χ1) is 17.9. The highest BCUT2D eigenvalue weighted by atomic mass is 32.2. The van der Waals surface area contributed by atoms with Crippen LogP contribution in [0, 0.1) is 10.1 Å². The van der Waals surface area contributed by atoms with Crippen LogP contribution in [0.4, 0.5) is 17.1 Å². The Bertz CT molecular complexity index is 1570. The smallest absolute Gasteiger partial charge is 0.269 e. The lowest BCUT2D eigenvalue weighted by atomic mass is 10.1. The molecule has 3 aromatic carbocycles. The summed E-state index contributed by atoms with van der Waals surface area (Å²) in [5.41, 5.74) is 5.96. The molecule has 6 rings (SSSR count). The minimum absolute atomic E-state index is 0.0544. The third-order valence-corrected chi connectivity index (χ3v) is 9.13. The van der Waals surface area contributed by atoms with Gasteiger partial charge >= 0.3 is 0 Å². The van der Waals surface area contributed by atoms with Crippen molar-refractivity contribution in [1.82, 2.24) is 4.90 Å². The molecule has 0 aromatic heterocycles. The second-order valence-electron chi connectivity index (χ2n) is 8.79. The van der Waals surface area contributed by atoms with Crippen molar-refractivity contribution in [3.8, 4) is 16.9 Å². The van der Waals surface area contributed by atoms with Gasteiger partial charge in [-0.1, -0.05) is 17.8 Å². The van der Waals surface area contributed by atoms with E-state index in [-0.39, 0.29) is 16.5 Å². The number of likely N-dealkylation sites (N-methyl/N-ethyl adjacent to an activating group) is 1. The lowest BCUT2D eigenvalue weighted by Crippen LogP contribution is -2.29. The number of thioether (sulfide) groups is 2. The molecule has 1 amide bonds. The fourth-order valence-electron chi connectivity index (χ4n) is 4.83. The quantitative estimate of drug-likeness (QED) is 0.177. The number of hydrogen-bond acceptors (Lipinski definition) is 8. The number of carbonyl (C=O) groups is 1. The van der Waals surface area contributed by atoms with Crippen LogP contribution in [0.15, 0.2) is 74.4 Å². The molecular formula is C27H22N4O4S2. The van der Waals surface area contributed by atoms with Crippen LogP contribution in [0.25, 0.3) is 11.1 Å². The molecule has 186 valence electrons. The van der Waals surface area contributed by atoms with E-state index in [1.807, 2.05) is 61.3 Å². The maximum Gasteiger partial charge on any atom is 0.269 e. The van der Waals surface area contributed by atoms with Gasteiger partial charge in [0, 0.05) is 36.7 Å². The summed E-state index contributed by atoms with van der Waals surface area (Å²) in [4.78, 5) is 34.6. The van der Waals surface area contributed by atoms with Gasteiger partial charge in [-0.3, -0.25) is 19.8 Å². The first-order valence-electron chi connectivity index (χ1n) is 11.7. The second kappa shape index (κ2) is 8.97. The van der Waals surface area contributed by atoms with Crippen LogP contribution >= 0.6 is 23.5 Å². The molecule has 1 aliphatic carbocycles. The first-order valence-corrected chi connectivity index (χ1v) is 13.3. The van der Waals surface area contributed by atoms with Crippen molar-refractivity contribution in [2.45, 2.75) is 18.2 Å². The topological polar surface area (TPSA) is 88.3 Å². The number of non-ortho nitro benzene ring substituents is 1. The van der Waals surface area contributed by atoms with Crippen LogP contribution in [-0.4, -0.2) is 41.6 Å². The minimum atomic E-state index is -0.366. The number of nitro benzene ring substituents is 1. The van der Waals surface area contributed by atoms with Gasteiger partial charge in [0.1, 0.15) is 10.7 Å². The molecule has 2 heterocycles. The van der Waals surface area contributed by atoms with Gasteiger partial charge in [-0.05, 0) is 77.7 Å². The number of rotatable bonds is 4. The van der Waals surface area contributed by atoms with Gasteiger partial charge in [0.2, 0.25) is 0 Å². The first kappa shape index (κ1) is 23.6. The number of carbonyl (C=O) groups excluding carboxylic acids is 1. The minimum Gasteiger partial charge on any atom is -0.497 e. The molecule has 2 aliphatic heterocycles. The molecule has 3 aliphatic rings. The van der Waals surface area contributed by atoms with E-state index in [0.29, 0.717) is 23.0 Å². The highest BCUT2D eigenvalue weighted by Crippen LogP contribution is 2.51. The Morgan fingerprint density at radius 1 is 1.05 bits per heavy atom. The zero-order chi connectivity index (χ0) is 25.8. The van der Waals surface area contributed by atoms with Gasteiger partial charge in [0.15, 0.2) is 5.17 Å². The zero-order valence-electron chi connectivity index (χ0n) is 20.3. The molecule has 0 radical (unpaired) electrons. The van der Waals surface area contributed by atoms with Crippen LogP contribution in [0.5, 0.6) is 5.75 Å². The highest BCUT2D eigenvalue weighted by molar-refractivity contribution is 8.19. The summed E-state index contributed by atoms with van der Waals surface area (Å²) in [6.07, 6.45) is 0.618. The Hall–Kier alpha value is -3.76. The molecule has 0 spiro atoms. The fraction of sp³-hybridized carbons (Fsp3) is 0.185. The number of nitro groups is 1. The number of anilines is 1. The van der Waals surface area contributed by atoms with Gasteiger partial charge in [0.25, 0.3) is 11.6 Å². The van der Waals surface area contributed by atoms with E-state index in [0.717, 1.165) is 49.3 Å². The van der Waals surface area contributed by atoms with E-state index in [9.17, 15) is 14.9 Å². The third kappa shape index (κ3) is 3.87. The Balaban J connectivity index is 1.32. The maximum absolute atomic E-state index is 13.4. The molecule has 37 heavy (non-hydrogen) atoms. The van der Waals surface area contributed by atoms with Crippen LogP contribution in [-0.2, 0) is 11.2 Å². The fourth-order valence-corrected chi connectivity index (χ4v) is 7.21. The van der Waals surface area contributed by atoms with Crippen molar-refractivity contribution in [1.29, 1.82) is 0 Å². The average molecular weight is 531 g/mol. The van der Waals surface area contributed by atoms with Crippen molar-refractivity contribution in [2.24, 2.45) is 4.99 Å². The molecule has 0 N–H and O–H groups in total. The van der Waals surface area contributed by atoms with E-state index < -0.39 is 0 Å². The van der Waals surface area contributed by atoms with Crippen molar-refractivity contribution >= 4 is 51.7 Å². The van der Waals surface area contributed by atoms with Crippen molar-refractivity contribution in [3.63, 3.8) is 0 Å². The summed E-state index contributed by atoms with van der Waals surface area (Å²) < 4.78 is 5.37. The molecule has 1 saturated heterocycles. The molecule has 0 unspecified atom stereocenters. The Labute approximate surface area is 222 Å². The normalized spacial score (nSPS) is 18.9. The molecule has 1 fully saturated rings. The summed E-state index contributed by atoms with van der Waals surface area (Å²) in [5, 5.41) is 12.7. The van der Waals surface area contributed by atoms with Gasteiger partial charge < -0.3 is 9.64 Å². The number of methoxy groups -OCH3 is 1. The Kier molecular flexibility index (Phi) is 5.73. The van der Waals surface area contributed by atoms with Gasteiger partial charge in [-0.2, -0.15) is 0 Å². The number of fused-ring (bicyclic) bond motifs is 4. The van der Waals surface area contributed by atoms with Crippen LogP contribution in [0.3, 0.4) is 0 Å². The number of ether oxygens (including phenoxy) is 1. The largest absolute Gasteiger partial charge is 0.497 e. The van der Waals surface area contributed by atoms with E-state index in [1.54, 1.807) is 35.9 Å². The Morgan fingerprint density at radius 3 is 2.54 bits per heavy atom. The summed E-state index contributed by atoms with van der Waals surface area (Å²) in [6.45, 7) is 2.45. The average Bonchev–Trinajstić information content (AvgIpc) is 3.53. The number of nitrogens with zero attached hydrogens (tertiary/aromatic N) is 4. The molecular weight excluding hydrogens is 508 g/mol. The lowest BCUT2D eigenvalue weighted by Gasteiger charge is -2.15. The molecule has 0 saturated carbocycles. The number of hydrogen-bond donors (Lipinski definition) is 0. The molecule has 0 atom stereocenters. The number of amides is 1. The predicted octanol–water partition coefficient (Wildman–Crippen LogP) is 6.17. The van der Waals surface area contributed by atoms with Crippen LogP contribution in [0.2, 0.25) is 0 Å². The monoisotopic (exact) mass is 530 g/mol. The van der Waals surface area contributed by atoms with Crippen molar-refractivity contribution < 1.29 is 14.5 Å². The van der Waals surface area contributed by atoms with E-state index in [1.165, 1.54) is 11.8 Å². The summed E-state index contributed by atoms with van der Waals surface area (Å²) in [6, 6.07) is 16.9. The van der Waals surface area contributed by atoms with E-state index in [4.69, 9.17) is 9.73 Å². The molecule has 0 bridgehead atoms. The molecule has 10 heteroatoms. The zero-order valence-corrected chi connectivity index (χ0v) is 22.0. The maximum atomic E-state index is 13.4. The SMILES string of the molecule is CCN1C(=O)/C(=C2/Sc3ccc(OC)cc3N2C)SC1=Nc1ccc2c(c1)Cc1cc([N+](=O)[O-])ccc1-2. The Morgan fingerprint density at radius 2 is 1.81 bits per heavy atom. The summed E-state index contributed by atoms with van der Waals surface area (Å²) in [7, 11) is 3.60. The molecule has 3 aromatic rings. The number of aliphatic imine (C=N–C) groups is 1. The summed E-state index contributed by atoms with van der Waals surface area (Å²) >= 11 is 2.97. The van der Waals surface area contributed by atoms with Crippen molar-refractivity contribution in [3.05, 3.63) is 85.8 Å². The van der Waals surface area contributed by atoms with Crippen LogP contribution < -0.4 is 9.64 Å². The lowest BCUT2D eigenvalue weighted by molar-refractivity contribution is -0.384. The number of amidine groups is 1. The van der Waals surface area contributed by atoms with E-state index >= 15 is 0 Å². The van der Waals surface area contributed by atoms with Crippen LogP contribution in [0.1, 0.15) is 18.1 Å². The van der Waals surface area contributed by atoms with Gasteiger partial charge in [0.05, 0.1) is 28.4 Å². The standard InChI is InChI=1S/C27H22N4O4S2/c1-4-30-25(32)24(26-29(2)22-14-19(35-3)7-10-23(22)36-26)37-27(30)28-17-5-8-20-15(12-17)11-16-13-18(31(33)34)6-9-21(16)20/h5-10,12-14H,4,11H2,1-3H3/b26-24-,28-27?. The second-order valence-corrected chi connectivity index (χ2v) is 10.8. The van der Waals surface area contributed by atoms with E-state index in [2.05, 4.69) is 0 Å². The number of benzene rings is 3. The van der Waals surface area contributed by atoms with Gasteiger partial charge in [-0.25, -0.2) is 4.99 Å². The van der Waals surface area contributed by atoms with Crippen molar-refractivity contribution in [2.75, 3.05) is 25.6 Å². The summed E-state index contributed by atoms with van der Waals surface area (Å²) in [5.74, 6) is 0.717. The predicted molar refractivity (Wildman–Crippen MR) is 148 cm³/mol. The third-order valence-electron chi connectivity index (χ3n) is 6.70.